The fourth-order valence-corrected chi connectivity index (χ4v) is 2.78. The first-order chi connectivity index (χ1) is 8.24. The van der Waals surface area contributed by atoms with Gasteiger partial charge in [-0.15, -0.1) is 0 Å². The molecule has 1 unspecified atom stereocenters. The van der Waals surface area contributed by atoms with Crippen molar-refractivity contribution in [2.45, 2.75) is 12.6 Å². The molecule has 2 heterocycles. The van der Waals surface area contributed by atoms with Crippen molar-refractivity contribution in [1.29, 1.82) is 0 Å². The zero-order valence-corrected chi connectivity index (χ0v) is 11.7. The number of rotatable bonds is 5. The van der Waals surface area contributed by atoms with Crippen LogP contribution in [0.2, 0.25) is 0 Å². The van der Waals surface area contributed by atoms with Crippen LogP contribution in [-0.4, -0.2) is 28.6 Å². The van der Waals surface area contributed by atoms with E-state index in [1.165, 1.54) is 0 Å². The zero-order valence-electron chi connectivity index (χ0n) is 9.34. The Hall–Kier alpha value is -0.690. The van der Waals surface area contributed by atoms with Crippen molar-refractivity contribution >= 4 is 27.3 Å². The quantitative estimate of drug-likeness (QED) is 0.921. The molecule has 1 N–H and O–H groups in total. The number of ether oxygens (including phenoxy) is 1. The Bertz CT molecular complexity index is 470. The molecule has 2 rings (SSSR count). The summed E-state index contributed by atoms with van der Waals surface area (Å²) >= 11 is 4.98. The summed E-state index contributed by atoms with van der Waals surface area (Å²) in [7, 11) is 1.65. The fraction of sp³-hybridized carbons (Fsp3) is 0.364. The first-order valence-electron chi connectivity index (χ1n) is 5.14. The van der Waals surface area contributed by atoms with Gasteiger partial charge in [-0.3, -0.25) is 4.68 Å². The van der Waals surface area contributed by atoms with Gasteiger partial charge in [0.2, 0.25) is 0 Å². The van der Waals surface area contributed by atoms with Gasteiger partial charge in [0.05, 0.1) is 29.5 Å². The second-order valence-corrected chi connectivity index (χ2v) is 5.19. The lowest BCUT2D eigenvalue weighted by atomic mass is 10.1. The van der Waals surface area contributed by atoms with Crippen molar-refractivity contribution in [3.63, 3.8) is 0 Å². The Balaban J connectivity index is 2.27. The van der Waals surface area contributed by atoms with Crippen LogP contribution >= 0.6 is 27.3 Å². The number of nitrogens with zero attached hydrogens (tertiary/aromatic N) is 2. The second-order valence-electron chi connectivity index (χ2n) is 3.55. The van der Waals surface area contributed by atoms with Crippen LogP contribution < -0.4 is 0 Å². The third kappa shape index (κ3) is 2.77. The summed E-state index contributed by atoms with van der Waals surface area (Å²) < 4.78 is 7.60. The Morgan fingerprint density at radius 3 is 3.12 bits per heavy atom. The molecule has 0 aliphatic rings. The maximum Gasteiger partial charge on any atom is 0.123 e. The van der Waals surface area contributed by atoms with E-state index in [1.807, 2.05) is 16.8 Å². The third-order valence-corrected chi connectivity index (χ3v) is 3.77. The second kappa shape index (κ2) is 5.77. The minimum absolute atomic E-state index is 0.567. The van der Waals surface area contributed by atoms with E-state index >= 15 is 0 Å². The van der Waals surface area contributed by atoms with Crippen LogP contribution in [0, 0.1) is 0 Å². The molecule has 17 heavy (non-hydrogen) atoms. The van der Waals surface area contributed by atoms with Crippen molar-refractivity contribution in [2.24, 2.45) is 0 Å². The van der Waals surface area contributed by atoms with Gasteiger partial charge in [0, 0.05) is 7.11 Å². The molecule has 0 amide bonds. The summed E-state index contributed by atoms with van der Waals surface area (Å²) in [5.74, 6) is 0. The predicted molar refractivity (Wildman–Crippen MR) is 70.2 cm³/mol. The first kappa shape index (κ1) is 12.8. The number of aliphatic hydroxyl groups excluding tert-OH is 1. The molecule has 0 aromatic carbocycles. The average Bonchev–Trinajstić information content (AvgIpc) is 2.95. The summed E-state index contributed by atoms with van der Waals surface area (Å²) in [6.45, 7) is 1.19. The van der Waals surface area contributed by atoms with Crippen molar-refractivity contribution in [3.05, 3.63) is 38.8 Å². The van der Waals surface area contributed by atoms with Gasteiger partial charge in [-0.05, 0) is 38.3 Å². The van der Waals surface area contributed by atoms with Gasteiger partial charge in [-0.2, -0.15) is 16.4 Å². The van der Waals surface area contributed by atoms with Crippen LogP contribution in [0.5, 0.6) is 0 Å². The van der Waals surface area contributed by atoms with E-state index in [0.717, 1.165) is 15.7 Å². The number of aliphatic hydroxyl groups is 1. The Kier molecular flexibility index (Phi) is 4.33. The van der Waals surface area contributed by atoms with Crippen LogP contribution in [-0.2, 0) is 11.3 Å². The lowest BCUT2D eigenvalue weighted by Crippen LogP contribution is -2.13. The number of aromatic nitrogens is 2. The molecule has 0 fully saturated rings. The molecule has 0 saturated heterocycles. The van der Waals surface area contributed by atoms with Gasteiger partial charge in [0.25, 0.3) is 0 Å². The standard InChI is InChI=1S/C11H13BrN2O2S/c1-16-4-3-14-10(9(12)6-13-14)11(15)8-2-5-17-7-8/h2,5-7,11,15H,3-4H2,1H3. The molecule has 6 heteroatoms. The molecule has 2 aromatic heterocycles. The van der Waals surface area contributed by atoms with E-state index in [1.54, 1.807) is 29.3 Å². The molecule has 0 aliphatic heterocycles. The smallest absolute Gasteiger partial charge is 0.123 e. The van der Waals surface area contributed by atoms with Crippen LogP contribution in [0.4, 0.5) is 0 Å². The molecule has 0 spiro atoms. The van der Waals surface area contributed by atoms with Crippen molar-refractivity contribution in [3.8, 4) is 0 Å². The summed E-state index contributed by atoms with van der Waals surface area (Å²) in [6, 6.07) is 1.91. The predicted octanol–water partition coefficient (Wildman–Crippen LogP) is 2.44. The number of hydrogen-bond donors (Lipinski definition) is 1. The van der Waals surface area contributed by atoms with Gasteiger partial charge in [-0.25, -0.2) is 0 Å². The maximum absolute atomic E-state index is 10.3. The van der Waals surface area contributed by atoms with Crippen molar-refractivity contribution in [2.75, 3.05) is 13.7 Å². The number of thiophene rings is 1. The molecule has 92 valence electrons. The van der Waals surface area contributed by atoms with Crippen LogP contribution in [0.25, 0.3) is 0 Å². The molecule has 0 radical (unpaired) electrons. The fourth-order valence-electron chi connectivity index (χ4n) is 1.59. The highest BCUT2D eigenvalue weighted by Gasteiger charge is 2.19. The van der Waals surface area contributed by atoms with Gasteiger partial charge in [0.1, 0.15) is 6.10 Å². The molecule has 0 saturated carbocycles. The van der Waals surface area contributed by atoms with E-state index in [4.69, 9.17) is 4.74 Å². The Morgan fingerprint density at radius 2 is 2.47 bits per heavy atom. The highest BCUT2D eigenvalue weighted by molar-refractivity contribution is 9.10. The number of halogens is 1. The monoisotopic (exact) mass is 316 g/mol. The molecule has 0 bridgehead atoms. The van der Waals surface area contributed by atoms with Gasteiger partial charge >= 0.3 is 0 Å². The largest absolute Gasteiger partial charge is 0.383 e. The minimum Gasteiger partial charge on any atom is -0.383 e. The van der Waals surface area contributed by atoms with Crippen LogP contribution in [0.3, 0.4) is 0 Å². The number of hydrogen-bond acceptors (Lipinski definition) is 4. The highest BCUT2D eigenvalue weighted by Crippen LogP contribution is 2.29. The topological polar surface area (TPSA) is 47.3 Å². The highest BCUT2D eigenvalue weighted by atomic mass is 79.9. The zero-order chi connectivity index (χ0) is 12.3. The normalized spacial score (nSPS) is 12.9. The van der Waals surface area contributed by atoms with E-state index < -0.39 is 6.10 Å². The van der Waals surface area contributed by atoms with E-state index in [0.29, 0.717) is 13.2 Å². The molecular formula is C11H13BrN2O2S. The summed E-state index contributed by atoms with van der Waals surface area (Å²) in [4.78, 5) is 0. The Labute approximate surface area is 112 Å². The molecule has 1 atom stereocenters. The molecule has 0 aliphatic carbocycles. The summed E-state index contributed by atoms with van der Waals surface area (Å²) in [5.41, 5.74) is 1.65. The third-order valence-electron chi connectivity index (χ3n) is 2.46. The SMILES string of the molecule is COCCn1ncc(Br)c1C(O)c1ccsc1. The van der Waals surface area contributed by atoms with E-state index in [-0.39, 0.29) is 0 Å². The lowest BCUT2D eigenvalue weighted by Gasteiger charge is -2.13. The average molecular weight is 317 g/mol. The molecular weight excluding hydrogens is 304 g/mol. The summed E-state index contributed by atoms with van der Waals surface area (Å²) in [6.07, 6.45) is 1.04. The van der Waals surface area contributed by atoms with Crippen molar-refractivity contribution in [1.82, 2.24) is 9.78 Å². The van der Waals surface area contributed by atoms with E-state index in [9.17, 15) is 5.11 Å². The first-order valence-corrected chi connectivity index (χ1v) is 6.88. The molecule has 4 nitrogen and oxygen atoms in total. The van der Waals surface area contributed by atoms with Gasteiger partial charge in [0.15, 0.2) is 0 Å². The van der Waals surface area contributed by atoms with Crippen LogP contribution in [0.1, 0.15) is 17.4 Å². The summed E-state index contributed by atoms with van der Waals surface area (Å²) in [5, 5.41) is 18.4. The van der Waals surface area contributed by atoms with Crippen molar-refractivity contribution < 1.29 is 9.84 Å². The van der Waals surface area contributed by atoms with Gasteiger partial charge < -0.3 is 9.84 Å². The van der Waals surface area contributed by atoms with Gasteiger partial charge in [-0.1, -0.05) is 0 Å². The minimum atomic E-state index is -0.657. The molecule has 2 aromatic rings. The number of methoxy groups -OCH3 is 1. The van der Waals surface area contributed by atoms with Crippen LogP contribution in [0.15, 0.2) is 27.5 Å². The Morgan fingerprint density at radius 1 is 1.65 bits per heavy atom. The maximum atomic E-state index is 10.3. The van der Waals surface area contributed by atoms with E-state index in [2.05, 4.69) is 21.0 Å². The lowest BCUT2D eigenvalue weighted by molar-refractivity contribution is 0.171.